The van der Waals surface area contributed by atoms with E-state index in [0.717, 1.165) is 33.3 Å². The third-order valence-corrected chi connectivity index (χ3v) is 6.90. The lowest BCUT2D eigenvalue weighted by atomic mass is 10.1. The second-order valence-corrected chi connectivity index (χ2v) is 9.12. The summed E-state index contributed by atoms with van der Waals surface area (Å²) >= 11 is 1.35. The van der Waals surface area contributed by atoms with Crippen LogP contribution >= 0.6 is 11.8 Å². The van der Waals surface area contributed by atoms with Gasteiger partial charge in [0.1, 0.15) is 11.7 Å². The number of fused-ring (bicyclic) bond motifs is 2. The van der Waals surface area contributed by atoms with Gasteiger partial charge >= 0.3 is 0 Å². The lowest BCUT2D eigenvalue weighted by molar-refractivity contribution is -0.114. The van der Waals surface area contributed by atoms with Crippen LogP contribution in [0.15, 0.2) is 101 Å². The van der Waals surface area contributed by atoms with Crippen molar-refractivity contribution in [2.45, 2.75) is 6.54 Å². The number of para-hydroxylation sites is 1. The van der Waals surface area contributed by atoms with Crippen molar-refractivity contribution in [2.24, 2.45) is 4.99 Å². The maximum absolute atomic E-state index is 13.4. The van der Waals surface area contributed by atoms with Crippen molar-refractivity contribution in [3.8, 4) is 0 Å². The van der Waals surface area contributed by atoms with Crippen LogP contribution in [-0.4, -0.2) is 26.4 Å². The number of hydrogen-bond acceptors (Lipinski definition) is 3. The molecule has 6 rings (SSSR count). The van der Waals surface area contributed by atoms with E-state index < -0.39 is 5.91 Å². The number of carbonyl (C=O) groups excluding carboxylic acids is 1. The minimum atomic E-state index is -0.424. The van der Waals surface area contributed by atoms with Crippen molar-refractivity contribution in [1.29, 1.82) is 5.41 Å². The minimum absolute atomic E-state index is 0.107. The number of amidine groups is 2. The Labute approximate surface area is 205 Å². The van der Waals surface area contributed by atoms with Crippen LogP contribution in [0.4, 0.5) is 4.39 Å². The zero-order valence-corrected chi connectivity index (χ0v) is 19.3. The van der Waals surface area contributed by atoms with E-state index >= 15 is 0 Å². The maximum Gasteiger partial charge on any atom is 0.283 e. The van der Waals surface area contributed by atoms with Gasteiger partial charge in [0.25, 0.3) is 5.91 Å². The predicted molar refractivity (Wildman–Crippen MR) is 139 cm³/mol. The molecule has 2 aliphatic heterocycles. The molecule has 0 saturated carbocycles. The summed E-state index contributed by atoms with van der Waals surface area (Å²) in [5, 5.41) is 12.3. The molecule has 1 N–H and O–H groups in total. The van der Waals surface area contributed by atoms with Crippen LogP contribution in [0.3, 0.4) is 0 Å². The Hall–Kier alpha value is -4.23. The number of amides is 1. The van der Waals surface area contributed by atoms with E-state index in [9.17, 15) is 9.18 Å². The number of rotatable bonds is 4. The average molecular weight is 479 g/mol. The van der Waals surface area contributed by atoms with Gasteiger partial charge in [-0.1, -0.05) is 72.4 Å². The number of benzene rings is 3. The van der Waals surface area contributed by atoms with E-state index in [1.807, 2.05) is 66.2 Å². The highest BCUT2D eigenvalue weighted by molar-refractivity contribution is 8.17. The van der Waals surface area contributed by atoms with Gasteiger partial charge in [-0.15, -0.1) is 0 Å². The van der Waals surface area contributed by atoms with Crippen molar-refractivity contribution in [3.63, 3.8) is 0 Å². The van der Waals surface area contributed by atoms with Gasteiger partial charge < -0.3 is 4.57 Å². The monoisotopic (exact) mass is 478 g/mol. The van der Waals surface area contributed by atoms with E-state index in [1.165, 1.54) is 23.9 Å². The van der Waals surface area contributed by atoms with E-state index in [-0.39, 0.29) is 17.2 Å². The fourth-order valence-corrected chi connectivity index (χ4v) is 5.27. The zero-order valence-electron chi connectivity index (χ0n) is 18.5. The van der Waals surface area contributed by atoms with E-state index in [1.54, 1.807) is 23.1 Å². The number of carbonyl (C=O) groups is 1. The molecule has 0 fully saturated rings. The van der Waals surface area contributed by atoms with Gasteiger partial charge in [-0.05, 0) is 35.4 Å². The molecule has 0 aliphatic carbocycles. The summed E-state index contributed by atoms with van der Waals surface area (Å²) < 4.78 is 15.4. The molecule has 4 aromatic rings. The Balaban J connectivity index is 1.40. The van der Waals surface area contributed by atoms with Crippen LogP contribution < -0.4 is 0 Å². The fraction of sp³-hybridized carbons (Fsp3) is 0.0357. The summed E-state index contributed by atoms with van der Waals surface area (Å²) in [6.45, 7) is 0.557. The minimum Gasteiger partial charge on any atom is -0.342 e. The summed E-state index contributed by atoms with van der Waals surface area (Å²) in [6.07, 6.45) is 3.72. The highest BCUT2D eigenvalue weighted by atomic mass is 32.2. The molecular weight excluding hydrogens is 459 g/mol. The Morgan fingerprint density at radius 1 is 0.971 bits per heavy atom. The first-order valence-corrected chi connectivity index (χ1v) is 11.9. The van der Waals surface area contributed by atoms with Crippen molar-refractivity contribution in [3.05, 3.63) is 119 Å². The van der Waals surface area contributed by atoms with Crippen molar-refractivity contribution >= 4 is 51.3 Å². The van der Waals surface area contributed by atoms with Crippen molar-refractivity contribution < 1.29 is 9.18 Å². The van der Waals surface area contributed by atoms with E-state index in [4.69, 9.17) is 5.41 Å². The summed E-state index contributed by atoms with van der Waals surface area (Å²) in [5.74, 6) is -0.586. The number of aromatic nitrogens is 1. The number of nitrogens with zero attached hydrogens (tertiary/aromatic N) is 3. The topological polar surface area (TPSA) is 61.5 Å². The van der Waals surface area contributed by atoms with Crippen LogP contribution in [0, 0.1) is 11.2 Å². The molecular formula is C28H19FN4OS. The number of nitrogens with one attached hydrogen (secondary N) is 1. The molecule has 3 aromatic carbocycles. The molecule has 7 heteroatoms. The number of halogens is 1. The molecule has 0 radical (unpaired) electrons. The summed E-state index contributed by atoms with van der Waals surface area (Å²) in [6, 6.07) is 24.1. The maximum atomic E-state index is 13.4. The molecule has 0 spiro atoms. The molecule has 0 bridgehead atoms. The SMILES string of the molecule is N=C1C(=Cc2cn(Cc3ccc(F)cc3)c3ccccc23)C(=O)N=C2SC=C(c3ccccc3)N12. The van der Waals surface area contributed by atoms with Gasteiger partial charge in [0.2, 0.25) is 0 Å². The fourth-order valence-electron chi connectivity index (χ4n) is 4.38. The Morgan fingerprint density at radius 3 is 2.51 bits per heavy atom. The first kappa shape index (κ1) is 21.3. The largest absolute Gasteiger partial charge is 0.342 e. The van der Waals surface area contributed by atoms with Gasteiger partial charge in [-0.2, -0.15) is 4.99 Å². The molecule has 0 atom stereocenters. The summed E-state index contributed by atoms with van der Waals surface area (Å²) in [7, 11) is 0. The van der Waals surface area contributed by atoms with E-state index in [2.05, 4.69) is 9.56 Å². The summed E-state index contributed by atoms with van der Waals surface area (Å²) in [5.41, 5.74) is 4.81. The first-order chi connectivity index (χ1) is 17.1. The normalized spacial score (nSPS) is 16.6. The van der Waals surface area contributed by atoms with Crippen LogP contribution in [-0.2, 0) is 11.3 Å². The average Bonchev–Trinajstić information content (AvgIpc) is 3.45. The molecule has 3 heterocycles. The lowest BCUT2D eigenvalue weighted by Gasteiger charge is -2.26. The third kappa shape index (κ3) is 3.80. The van der Waals surface area contributed by atoms with Gasteiger partial charge in [-0.3, -0.25) is 15.1 Å². The quantitative estimate of drug-likeness (QED) is 0.359. The zero-order chi connectivity index (χ0) is 23.9. The molecule has 35 heavy (non-hydrogen) atoms. The van der Waals surface area contributed by atoms with Crippen molar-refractivity contribution in [2.75, 3.05) is 0 Å². The third-order valence-electron chi connectivity index (χ3n) is 6.07. The Morgan fingerprint density at radius 2 is 1.71 bits per heavy atom. The van der Waals surface area contributed by atoms with Crippen molar-refractivity contribution in [1.82, 2.24) is 9.47 Å². The molecule has 170 valence electrons. The molecule has 0 saturated heterocycles. The van der Waals surface area contributed by atoms with Gasteiger partial charge in [0.15, 0.2) is 5.17 Å². The standard InChI is InChI=1S/C28H19FN4OS/c29-21-12-10-18(11-13-21)15-32-16-20(22-8-4-5-9-24(22)32)14-23-26(30)33-25(19-6-2-1-3-7-19)17-35-28(33)31-27(23)34/h1-14,16-17,30H,15H2. The smallest absolute Gasteiger partial charge is 0.283 e. The van der Waals surface area contributed by atoms with Crippen LogP contribution in [0.2, 0.25) is 0 Å². The second-order valence-electron chi connectivity index (χ2n) is 8.28. The van der Waals surface area contributed by atoms with Crippen LogP contribution in [0.25, 0.3) is 22.7 Å². The van der Waals surface area contributed by atoms with Crippen LogP contribution in [0.1, 0.15) is 16.7 Å². The predicted octanol–water partition coefficient (Wildman–Crippen LogP) is 6.13. The second kappa shape index (κ2) is 8.52. The Bertz CT molecular complexity index is 1580. The Kier molecular flexibility index (Phi) is 5.19. The highest BCUT2D eigenvalue weighted by Crippen LogP contribution is 2.37. The van der Waals surface area contributed by atoms with Gasteiger partial charge in [0, 0.05) is 34.6 Å². The van der Waals surface area contributed by atoms with E-state index in [0.29, 0.717) is 11.7 Å². The molecule has 1 amide bonds. The first-order valence-electron chi connectivity index (χ1n) is 11.1. The number of aliphatic imine (C=N–C) groups is 1. The molecule has 1 aromatic heterocycles. The molecule has 2 aliphatic rings. The molecule has 5 nitrogen and oxygen atoms in total. The molecule has 0 unspecified atom stereocenters. The summed E-state index contributed by atoms with van der Waals surface area (Å²) in [4.78, 5) is 19.0. The number of hydrogen-bond donors (Lipinski definition) is 1. The number of thioether (sulfide) groups is 1. The van der Waals surface area contributed by atoms with Gasteiger partial charge in [0.05, 0.1) is 11.3 Å². The lowest BCUT2D eigenvalue weighted by Crippen LogP contribution is -2.37. The van der Waals surface area contributed by atoms with Crippen LogP contribution in [0.5, 0.6) is 0 Å². The van der Waals surface area contributed by atoms with Gasteiger partial charge in [-0.25, -0.2) is 4.39 Å². The highest BCUT2D eigenvalue weighted by Gasteiger charge is 2.36.